The molecule has 1 unspecified atom stereocenters. The van der Waals surface area contributed by atoms with Crippen LogP contribution >= 0.6 is 16.3 Å². The Labute approximate surface area is 70.4 Å². The van der Waals surface area contributed by atoms with Gasteiger partial charge >= 0.3 is 5.97 Å². The van der Waals surface area contributed by atoms with Crippen molar-refractivity contribution in [3.05, 3.63) is 0 Å². The van der Waals surface area contributed by atoms with Crippen LogP contribution in [-0.4, -0.2) is 5.97 Å². The molecule has 0 aromatic carbocycles. The molecule has 0 rings (SSSR count). The fourth-order valence-corrected chi connectivity index (χ4v) is 0.769. The lowest BCUT2D eigenvalue weighted by Gasteiger charge is -2.04. The highest BCUT2D eigenvalue weighted by Crippen LogP contribution is 2.10. The Hall–Kier alpha value is -0.0500. The number of carbonyl (C=O) groups is 1. The van der Waals surface area contributed by atoms with E-state index in [0.29, 0.717) is 12.3 Å². The van der Waals surface area contributed by atoms with Gasteiger partial charge in [-0.2, -0.15) is 0 Å². The maximum absolute atomic E-state index is 10.6. The summed E-state index contributed by atoms with van der Waals surface area (Å²) in [5.74, 6) is 0.437. The van der Waals surface area contributed by atoms with E-state index >= 15 is 0 Å². The van der Waals surface area contributed by atoms with Gasteiger partial charge in [-0.1, -0.05) is 20.3 Å². The predicted molar refractivity (Wildman–Crippen MR) is 43.7 cm³/mol. The van der Waals surface area contributed by atoms with Crippen molar-refractivity contribution in [1.29, 1.82) is 0 Å². The van der Waals surface area contributed by atoms with Crippen molar-refractivity contribution in [2.75, 3.05) is 0 Å². The maximum atomic E-state index is 10.6. The highest BCUT2D eigenvalue weighted by atomic mass is 79.9. The van der Waals surface area contributed by atoms with E-state index in [4.69, 9.17) is 0 Å². The number of hydrogen-bond donors (Lipinski definition) is 0. The van der Waals surface area contributed by atoms with Crippen molar-refractivity contribution in [1.82, 2.24) is 0 Å². The van der Waals surface area contributed by atoms with Gasteiger partial charge in [-0.05, 0) is 12.3 Å². The molecule has 60 valence electrons. The van der Waals surface area contributed by atoms with Gasteiger partial charge in [0.05, 0.1) is 0 Å². The summed E-state index contributed by atoms with van der Waals surface area (Å²) in [6.07, 6.45) is 2.55. The average molecular weight is 209 g/mol. The molecular formula is C7H13BrO2. The standard InChI is InChI=1S/C7H13BrO2/c1-3-6(2)4-5-7(9)10-8/h6H,3-5H2,1-2H3. The molecule has 0 saturated heterocycles. The molecule has 0 aliphatic heterocycles. The van der Waals surface area contributed by atoms with Crippen LogP contribution in [0.1, 0.15) is 33.1 Å². The molecule has 0 aliphatic rings. The van der Waals surface area contributed by atoms with Crippen molar-refractivity contribution in [2.24, 2.45) is 5.92 Å². The summed E-state index contributed by atoms with van der Waals surface area (Å²) in [4.78, 5) is 10.6. The second-order valence-electron chi connectivity index (χ2n) is 2.50. The Kier molecular flexibility index (Phi) is 5.69. The van der Waals surface area contributed by atoms with Gasteiger partial charge in [0.15, 0.2) is 16.3 Å². The van der Waals surface area contributed by atoms with E-state index in [1.807, 2.05) is 0 Å². The summed E-state index contributed by atoms with van der Waals surface area (Å²) in [5, 5.41) is 0. The first-order valence-electron chi connectivity index (χ1n) is 3.52. The second-order valence-corrected chi connectivity index (χ2v) is 2.82. The molecular weight excluding hydrogens is 196 g/mol. The number of rotatable bonds is 4. The minimum absolute atomic E-state index is 0.180. The zero-order valence-electron chi connectivity index (χ0n) is 6.39. The third-order valence-corrected chi connectivity index (χ3v) is 1.99. The molecule has 0 heterocycles. The van der Waals surface area contributed by atoms with Gasteiger partial charge in [-0.3, -0.25) is 4.79 Å². The summed E-state index contributed by atoms with van der Waals surface area (Å²) in [6.45, 7) is 4.24. The van der Waals surface area contributed by atoms with Crippen molar-refractivity contribution < 1.29 is 8.62 Å². The molecule has 0 fully saturated rings. The van der Waals surface area contributed by atoms with Gasteiger partial charge in [0.1, 0.15) is 0 Å². The zero-order chi connectivity index (χ0) is 7.98. The smallest absolute Gasteiger partial charge is 0.317 e. The quantitative estimate of drug-likeness (QED) is 0.711. The fraction of sp³-hybridized carbons (Fsp3) is 0.857. The predicted octanol–water partition coefficient (Wildman–Crippen LogP) is 2.67. The van der Waals surface area contributed by atoms with Crippen LogP contribution in [0.3, 0.4) is 0 Å². The van der Waals surface area contributed by atoms with Gasteiger partial charge < -0.3 is 3.83 Å². The van der Waals surface area contributed by atoms with Gasteiger partial charge in [0.2, 0.25) is 0 Å². The number of halogens is 1. The molecule has 0 N–H and O–H groups in total. The largest absolute Gasteiger partial charge is 0.384 e. The van der Waals surface area contributed by atoms with Gasteiger partial charge in [-0.15, -0.1) is 0 Å². The lowest BCUT2D eigenvalue weighted by Crippen LogP contribution is -2.00. The monoisotopic (exact) mass is 208 g/mol. The van der Waals surface area contributed by atoms with Crippen LogP contribution in [0, 0.1) is 5.92 Å². The van der Waals surface area contributed by atoms with Crippen LogP contribution < -0.4 is 0 Å². The first-order valence-corrected chi connectivity index (χ1v) is 4.16. The number of hydrogen-bond acceptors (Lipinski definition) is 2. The first kappa shape index (κ1) is 9.95. The third-order valence-electron chi connectivity index (χ3n) is 1.62. The molecule has 1 atom stereocenters. The zero-order valence-corrected chi connectivity index (χ0v) is 7.98. The van der Waals surface area contributed by atoms with Crippen LogP contribution in [0.2, 0.25) is 0 Å². The molecule has 0 aromatic heterocycles. The lowest BCUT2D eigenvalue weighted by atomic mass is 10.0. The summed E-state index contributed by atoms with van der Waals surface area (Å²) in [5.41, 5.74) is 0. The summed E-state index contributed by atoms with van der Waals surface area (Å²) in [7, 11) is 0. The van der Waals surface area contributed by atoms with Crippen molar-refractivity contribution in [3.8, 4) is 0 Å². The molecule has 0 radical (unpaired) electrons. The summed E-state index contributed by atoms with van der Waals surface area (Å²) >= 11 is 2.64. The van der Waals surface area contributed by atoms with Crippen LogP contribution in [-0.2, 0) is 8.62 Å². The minimum atomic E-state index is -0.180. The highest BCUT2D eigenvalue weighted by Gasteiger charge is 2.04. The molecule has 0 aromatic rings. The molecule has 0 aliphatic carbocycles. The lowest BCUT2D eigenvalue weighted by molar-refractivity contribution is -0.132. The van der Waals surface area contributed by atoms with Gasteiger partial charge in [0.25, 0.3) is 0 Å². The van der Waals surface area contributed by atoms with E-state index in [0.717, 1.165) is 12.8 Å². The maximum Gasteiger partial charge on any atom is 0.317 e. The first-order chi connectivity index (χ1) is 4.70. The van der Waals surface area contributed by atoms with Crippen LogP contribution in [0.5, 0.6) is 0 Å². The Morgan fingerprint density at radius 3 is 2.70 bits per heavy atom. The van der Waals surface area contributed by atoms with Gasteiger partial charge in [-0.25, -0.2) is 0 Å². The molecule has 0 bridgehead atoms. The molecule has 3 heteroatoms. The highest BCUT2D eigenvalue weighted by molar-refractivity contribution is 9.06. The molecule has 10 heavy (non-hydrogen) atoms. The molecule has 0 spiro atoms. The Morgan fingerprint density at radius 1 is 1.70 bits per heavy atom. The summed E-state index contributed by atoms with van der Waals surface area (Å²) < 4.78 is 4.32. The SMILES string of the molecule is CCC(C)CCC(=O)OBr. The van der Waals surface area contributed by atoms with Crippen molar-refractivity contribution in [3.63, 3.8) is 0 Å². The normalized spacial score (nSPS) is 12.7. The van der Waals surface area contributed by atoms with E-state index in [-0.39, 0.29) is 5.97 Å². The Morgan fingerprint density at radius 2 is 2.30 bits per heavy atom. The van der Waals surface area contributed by atoms with E-state index in [9.17, 15) is 4.79 Å². The molecule has 0 saturated carbocycles. The topological polar surface area (TPSA) is 26.3 Å². The molecule has 2 nitrogen and oxygen atoms in total. The van der Waals surface area contributed by atoms with Crippen molar-refractivity contribution in [2.45, 2.75) is 33.1 Å². The van der Waals surface area contributed by atoms with E-state index in [2.05, 4.69) is 33.9 Å². The number of carbonyl (C=O) groups excluding carboxylic acids is 1. The van der Waals surface area contributed by atoms with E-state index < -0.39 is 0 Å². The summed E-state index contributed by atoms with van der Waals surface area (Å²) in [6, 6.07) is 0. The Bertz CT molecular complexity index is 104. The molecule has 0 amide bonds. The van der Waals surface area contributed by atoms with Crippen LogP contribution in [0.15, 0.2) is 0 Å². The van der Waals surface area contributed by atoms with Crippen LogP contribution in [0.25, 0.3) is 0 Å². The van der Waals surface area contributed by atoms with E-state index in [1.54, 1.807) is 0 Å². The average Bonchev–Trinajstić information content (AvgIpc) is 1.99. The fourth-order valence-electron chi connectivity index (χ4n) is 0.607. The second kappa shape index (κ2) is 5.71. The van der Waals surface area contributed by atoms with E-state index in [1.165, 1.54) is 0 Å². The Balaban J connectivity index is 3.26. The van der Waals surface area contributed by atoms with Crippen molar-refractivity contribution >= 4 is 22.2 Å². The minimum Gasteiger partial charge on any atom is -0.384 e. The van der Waals surface area contributed by atoms with Crippen LogP contribution in [0.4, 0.5) is 0 Å². The third kappa shape index (κ3) is 4.79. The van der Waals surface area contributed by atoms with Gasteiger partial charge in [0, 0.05) is 6.42 Å².